The molecule has 3 rings (SSSR count). The molecule has 0 saturated carbocycles. The van der Waals surface area contributed by atoms with Crippen LogP contribution in [0.15, 0.2) is 12.2 Å². The van der Waals surface area contributed by atoms with Crippen molar-refractivity contribution in [2.24, 2.45) is 11.8 Å². The first-order valence-corrected chi connectivity index (χ1v) is 10.1. The molecule has 0 aromatic rings. The van der Waals surface area contributed by atoms with E-state index in [1.165, 1.54) is 32.1 Å². The molecule has 3 aliphatic rings. The van der Waals surface area contributed by atoms with E-state index in [-0.39, 0.29) is 12.6 Å². The molecule has 2 bridgehead atoms. The molecule has 3 saturated heterocycles. The van der Waals surface area contributed by atoms with E-state index in [0.717, 1.165) is 38.8 Å². The second-order valence-electron chi connectivity index (χ2n) is 7.71. The molecule has 0 amide bonds. The van der Waals surface area contributed by atoms with Gasteiger partial charge in [0.2, 0.25) is 0 Å². The lowest BCUT2D eigenvalue weighted by atomic mass is 9.76. The van der Waals surface area contributed by atoms with Gasteiger partial charge in [-0.05, 0) is 76.2 Å². The minimum Gasteiger partial charge on any atom is -0.481 e. The van der Waals surface area contributed by atoms with E-state index in [1.54, 1.807) is 0 Å². The van der Waals surface area contributed by atoms with Crippen LogP contribution in [0.2, 0.25) is 0 Å². The monoisotopic (exact) mass is 351 g/mol. The number of rotatable bonds is 10. The van der Waals surface area contributed by atoms with Gasteiger partial charge in [-0.3, -0.25) is 10.1 Å². The minimum absolute atomic E-state index is 0.251. The Labute approximate surface area is 151 Å². The molecule has 0 aromatic carbocycles. The van der Waals surface area contributed by atoms with E-state index < -0.39 is 5.97 Å². The number of hydrogen-bond donors (Lipinski definition) is 2. The molecular formula is C20H33NO4. The van der Waals surface area contributed by atoms with Crippen LogP contribution in [-0.4, -0.2) is 42.7 Å². The number of fused-ring (bicyclic) bond motifs is 2. The van der Waals surface area contributed by atoms with Crippen molar-refractivity contribution in [1.82, 2.24) is 5.32 Å². The van der Waals surface area contributed by atoms with E-state index in [0.29, 0.717) is 24.0 Å². The van der Waals surface area contributed by atoms with E-state index in [9.17, 15) is 4.79 Å². The van der Waals surface area contributed by atoms with Crippen molar-refractivity contribution in [2.75, 3.05) is 13.2 Å². The number of nitrogens with one attached hydrogen (secondary N) is 1. The number of ether oxygens (including phenoxy) is 2. The first-order chi connectivity index (χ1) is 12.2. The second-order valence-corrected chi connectivity index (χ2v) is 7.71. The predicted octanol–water partition coefficient (Wildman–Crippen LogP) is 3.49. The van der Waals surface area contributed by atoms with Gasteiger partial charge in [0.1, 0.15) is 6.23 Å². The molecule has 5 heteroatoms. The van der Waals surface area contributed by atoms with Crippen molar-refractivity contribution in [1.29, 1.82) is 0 Å². The fraction of sp³-hybridized carbons (Fsp3) is 0.850. The lowest BCUT2D eigenvalue weighted by Gasteiger charge is -2.29. The molecule has 25 heavy (non-hydrogen) atoms. The lowest BCUT2D eigenvalue weighted by Crippen LogP contribution is -2.37. The van der Waals surface area contributed by atoms with Crippen LogP contribution in [0.4, 0.5) is 0 Å². The predicted molar refractivity (Wildman–Crippen MR) is 96.3 cm³/mol. The molecule has 2 N–H and O–H groups in total. The van der Waals surface area contributed by atoms with Crippen molar-refractivity contribution in [3.05, 3.63) is 12.2 Å². The Morgan fingerprint density at radius 2 is 1.96 bits per heavy atom. The molecular weight excluding hydrogens is 318 g/mol. The van der Waals surface area contributed by atoms with Gasteiger partial charge in [0.15, 0.2) is 0 Å². The lowest BCUT2D eigenvalue weighted by molar-refractivity contribution is -0.137. The number of carbonyl (C=O) groups is 1. The van der Waals surface area contributed by atoms with Crippen LogP contribution in [0.25, 0.3) is 0 Å². The van der Waals surface area contributed by atoms with Crippen LogP contribution >= 0.6 is 0 Å². The summed E-state index contributed by atoms with van der Waals surface area (Å²) in [5.74, 6) is 0.575. The van der Waals surface area contributed by atoms with Gasteiger partial charge in [0.05, 0.1) is 12.2 Å². The van der Waals surface area contributed by atoms with Gasteiger partial charge in [-0.25, -0.2) is 0 Å². The van der Waals surface area contributed by atoms with E-state index in [2.05, 4.69) is 17.5 Å². The van der Waals surface area contributed by atoms with E-state index in [1.807, 2.05) is 0 Å². The zero-order chi connectivity index (χ0) is 17.5. The first kappa shape index (κ1) is 18.9. The number of aliphatic carboxylic acids is 1. The van der Waals surface area contributed by atoms with Gasteiger partial charge in [-0.1, -0.05) is 12.2 Å². The number of hydrogen-bond acceptors (Lipinski definition) is 4. The highest BCUT2D eigenvalue weighted by Gasteiger charge is 2.47. The highest BCUT2D eigenvalue weighted by Crippen LogP contribution is 2.46. The Morgan fingerprint density at radius 3 is 2.72 bits per heavy atom. The van der Waals surface area contributed by atoms with Crippen LogP contribution in [0.3, 0.4) is 0 Å². The third-order valence-electron chi connectivity index (χ3n) is 5.96. The molecule has 5 nitrogen and oxygen atoms in total. The Bertz CT molecular complexity index is 447. The van der Waals surface area contributed by atoms with Crippen LogP contribution < -0.4 is 5.32 Å². The van der Waals surface area contributed by atoms with Crippen LogP contribution in [0.1, 0.15) is 64.2 Å². The molecule has 3 heterocycles. The summed E-state index contributed by atoms with van der Waals surface area (Å²) in [6.45, 7) is 1.91. The van der Waals surface area contributed by atoms with Gasteiger partial charge in [0.25, 0.3) is 0 Å². The molecule has 0 aromatic heterocycles. The molecule has 0 radical (unpaired) electrons. The molecule has 0 aliphatic carbocycles. The summed E-state index contributed by atoms with van der Waals surface area (Å²) in [6, 6.07) is 0. The van der Waals surface area contributed by atoms with Crippen LogP contribution in [-0.2, 0) is 14.3 Å². The standard InChI is InChI=1S/C20H33NO4/c22-20(23)9-4-2-1-3-7-15-16(18-11-10-17(15)25-18)12-13-21-19-8-5-6-14-24-19/h1,3,15-19,21H,2,4-14H2,(H,22,23)/b3-1-/t15-,16+,17-,18+,19?/m1/s1. The molecule has 3 fully saturated rings. The summed E-state index contributed by atoms with van der Waals surface area (Å²) in [5, 5.41) is 12.2. The van der Waals surface area contributed by atoms with Crippen molar-refractivity contribution in [3.63, 3.8) is 0 Å². The summed E-state index contributed by atoms with van der Waals surface area (Å²) >= 11 is 0. The number of carboxylic acids is 1. The maximum Gasteiger partial charge on any atom is 0.303 e. The smallest absolute Gasteiger partial charge is 0.303 e. The van der Waals surface area contributed by atoms with Crippen molar-refractivity contribution >= 4 is 5.97 Å². The highest BCUT2D eigenvalue weighted by molar-refractivity contribution is 5.66. The molecule has 142 valence electrons. The molecule has 0 spiro atoms. The number of allylic oxidation sites excluding steroid dienone is 2. The van der Waals surface area contributed by atoms with Gasteiger partial charge < -0.3 is 14.6 Å². The Kier molecular flexibility index (Phi) is 7.32. The van der Waals surface area contributed by atoms with Gasteiger partial charge in [-0.15, -0.1) is 0 Å². The third kappa shape index (κ3) is 5.53. The Balaban J connectivity index is 1.38. The molecule has 1 unspecified atom stereocenters. The maximum absolute atomic E-state index is 10.5. The van der Waals surface area contributed by atoms with E-state index in [4.69, 9.17) is 14.6 Å². The van der Waals surface area contributed by atoms with Crippen molar-refractivity contribution < 1.29 is 19.4 Å². The zero-order valence-corrected chi connectivity index (χ0v) is 15.2. The van der Waals surface area contributed by atoms with Crippen molar-refractivity contribution in [3.8, 4) is 0 Å². The Morgan fingerprint density at radius 1 is 1.12 bits per heavy atom. The quantitative estimate of drug-likeness (QED) is 0.466. The average Bonchev–Trinajstić information content (AvgIpc) is 3.21. The van der Waals surface area contributed by atoms with E-state index >= 15 is 0 Å². The van der Waals surface area contributed by atoms with Gasteiger partial charge in [-0.2, -0.15) is 0 Å². The summed E-state index contributed by atoms with van der Waals surface area (Å²) < 4.78 is 11.9. The van der Waals surface area contributed by atoms with Gasteiger partial charge >= 0.3 is 5.97 Å². The first-order valence-electron chi connectivity index (χ1n) is 10.1. The molecule has 5 atom stereocenters. The average molecular weight is 351 g/mol. The fourth-order valence-corrected chi connectivity index (χ4v) is 4.65. The highest BCUT2D eigenvalue weighted by atomic mass is 16.5. The normalized spacial score (nSPS) is 34.8. The summed E-state index contributed by atoms with van der Waals surface area (Å²) in [7, 11) is 0. The Hall–Kier alpha value is -0.910. The summed E-state index contributed by atoms with van der Waals surface area (Å²) in [6.07, 6.45) is 15.6. The second kappa shape index (κ2) is 9.70. The minimum atomic E-state index is -0.704. The van der Waals surface area contributed by atoms with Gasteiger partial charge in [0, 0.05) is 13.0 Å². The SMILES string of the molecule is O=C(O)CCC/C=C\C[C@@H]1[C@H](CCNC2CCCCO2)[C@@H]2CC[C@H]1O2. The fourth-order valence-electron chi connectivity index (χ4n) is 4.65. The third-order valence-corrected chi connectivity index (χ3v) is 5.96. The zero-order valence-electron chi connectivity index (χ0n) is 15.2. The van der Waals surface area contributed by atoms with Crippen LogP contribution in [0.5, 0.6) is 0 Å². The molecule has 3 aliphatic heterocycles. The summed E-state index contributed by atoms with van der Waals surface area (Å²) in [4.78, 5) is 10.5. The largest absolute Gasteiger partial charge is 0.481 e. The van der Waals surface area contributed by atoms with Crippen molar-refractivity contribution in [2.45, 2.75) is 82.6 Å². The van der Waals surface area contributed by atoms with Crippen LogP contribution in [0, 0.1) is 11.8 Å². The summed E-state index contributed by atoms with van der Waals surface area (Å²) in [5.41, 5.74) is 0. The maximum atomic E-state index is 10.5. The number of carboxylic acid groups (broad SMARTS) is 1. The topological polar surface area (TPSA) is 67.8 Å². The number of unbranched alkanes of at least 4 members (excludes halogenated alkanes) is 1.